The van der Waals surface area contributed by atoms with E-state index in [1.807, 2.05) is 35.0 Å². The average Bonchev–Trinajstić information content (AvgIpc) is 3.31. The van der Waals surface area contributed by atoms with Gasteiger partial charge in [-0.15, -0.1) is 0 Å². The molecule has 0 fully saturated rings. The summed E-state index contributed by atoms with van der Waals surface area (Å²) in [6.07, 6.45) is 2.94. The van der Waals surface area contributed by atoms with Crippen molar-refractivity contribution in [1.29, 1.82) is 0 Å². The third-order valence-electron chi connectivity index (χ3n) is 5.76. The molecular formula is C25H29N3O. The topological polar surface area (TPSA) is 46.9 Å². The first-order chi connectivity index (χ1) is 14.0. The minimum Gasteiger partial charge on any atom is -0.320 e. The number of carbonyl (C=O) groups excluding carboxylic acids is 1. The minimum absolute atomic E-state index is 0.104. The Morgan fingerprint density at radius 2 is 1.59 bits per heavy atom. The van der Waals surface area contributed by atoms with Gasteiger partial charge < -0.3 is 5.32 Å². The largest absolute Gasteiger partial charge is 0.320 e. The van der Waals surface area contributed by atoms with E-state index in [2.05, 4.69) is 51.2 Å². The number of carbonyl (C=O) groups is 1. The van der Waals surface area contributed by atoms with Gasteiger partial charge in [0.2, 0.25) is 0 Å². The molecule has 4 rings (SSSR count). The molecule has 0 bridgehead atoms. The molecule has 0 saturated carbocycles. The lowest BCUT2D eigenvalue weighted by Crippen LogP contribution is -2.18. The molecule has 4 nitrogen and oxygen atoms in total. The second kappa shape index (κ2) is 7.86. The van der Waals surface area contributed by atoms with Crippen molar-refractivity contribution in [3.05, 3.63) is 76.6 Å². The zero-order chi connectivity index (χ0) is 20.5. The van der Waals surface area contributed by atoms with Gasteiger partial charge >= 0.3 is 0 Å². The van der Waals surface area contributed by atoms with E-state index in [0.29, 0.717) is 17.5 Å². The van der Waals surface area contributed by atoms with Gasteiger partial charge in [-0.05, 0) is 54.4 Å². The highest BCUT2D eigenvalue weighted by molar-refractivity contribution is 6.05. The second-order valence-corrected chi connectivity index (χ2v) is 8.45. The highest BCUT2D eigenvalue weighted by atomic mass is 16.2. The third kappa shape index (κ3) is 3.59. The number of nitrogens with zero attached hydrogens (tertiary/aromatic N) is 2. The lowest BCUT2D eigenvalue weighted by Gasteiger charge is -2.20. The van der Waals surface area contributed by atoms with Gasteiger partial charge in [0.05, 0.1) is 5.69 Å². The van der Waals surface area contributed by atoms with Gasteiger partial charge in [-0.3, -0.25) is 4.79 Å². The number of rotatable bonds is 5. The lowest BCUT2D eigenvalue weighted by molar-refractivity contribution is 0.102. The fourth-order valence-electron chi connectivity index (χ4n) is 4.27. The maximum atomic E-state index is 13.4. The van der Waals surface area contributed by atoms with E-state index in [1.165, 1.54) is 16.8 Å². The zero-order valence-corrected chi connectivity index (χ0v) is 17.7. The summed E-state index contributed by atoms with van der Waals surface area (Å²) in [5.41, 5.74) is 7.13. The highest BCUT2D eigenvalue weighted by Crippen LogP contribution is 2.34. The molecule has 0 aliphatic heterocycles. The molecule has 150 valence electrons. The van der Waals surface area contributed by atoms with Gasteiger partial charge in [-0.1, -0.05) is 64.1 Å². The zero-order valence-electron chi connectivity index (χ0n) is 17.7. The monoisotopic (exact) mass is 387 g/mol. The summed E-state index contributed by atoms with van der Waals surface area (Å²) >= 11 is 0. The number of amides is 1. The van der Waals surface area contributed by atoms with Crippen molar-refractivity contribution in [3.8, 4) is 5.69 Å². The van der Waals surface area contributed by atoms with Gasteiger partial charge in [-0.2, -0.15) is 5.10 Å². The molecule has 0 atom stereocenters. The van der Waals surface area contributed by atoms with Crippen molar-refractivity contribution >= 4 is 11.6 Å². The smallest absolute Gasteiger partial charge is 0.276 e. The quantitative estimate of drug-likeness (QED) is 0.596. The fraction of sp³-hybridized carbons (Fsp3) is 0.360. The van der Waals surface area contributed by atoms with Crippen molar-refractivity contribution in [2.45, 2.75) is 58.8 Å². The summed E-state index contributed by atoms with van der Waals surface area (Å²) in [4.78, 5) is 13.4. The first-order valence-electron chi connectivity index (χ1n) is 10.6. The van der Waals surface area contributed by atoms with Crippen LogP contribution in [0.5, 0.6) is 0 Å². The Labute approximate surface area is 173 Å². The molecule has 29 heavy (non-hydrogen) atoms. The van der Waals surface area contributed by atoms with Crippen molar-refractivity contribution in [2.24, 2.45) is 0 Å². The number of nitrogens with one attached hydrogen (secondary N) is 1. The predicted octanol–water partition coefficient (Wildman–Crippen LogP) is 5.86. The van der Waals surface area contributed by atoms with E-state index in [4.69, 9.17) is 5.10 Å². The number of hydrogen-bond donors (Lipinski definition) is 1. The van der Waals surface area contributed by atoms with E-state index in [0.717, 1.165) is 36.2 Å². The van der Waals surface area contributed by atoms with Crippen molar-refractivity contribution in [3.63, 3.8) is 0 Å². The third-order valence-corrected chi connectivity index (χ3v) is 5.76. The number of fused-ring (bicyclic) bond motifs is 1. The molecular weight excluding hydrogens is 358 g/mol. The molecule has 1 aliphatic carbocycles. The number of aromatic nitrogens is 2. The van der Waals surface area contributed by atoms with Crippen LogP contribution in [0.1, 0.15) is 78.8 Å². The molecule has 2 aromatic carbocycles. The lowest BCUT2D eigenvalue weighted by atomic mass is 9.92. The predicted molar refractivity (Wildman–Crippen MR) is 118 cm³/mol. The van der Waals surface area contributed by atoms with Crippen LogP contribution in [0.15, 0.2) is 48.5 Å². The summed E-state index contributed by atoms with van der Waals surface area (Å²) < 4.78 is 1.95. The molecule has 1 N–H and O–H groups in total. The molecule has 1 heterocycles. The van der Waals surface area contributed by atoms with E-state index in [9.17, 15) is 4.79 Å². The van der Waals surface area contributed by atoms with Gasteiger partial charge in [0, 0.05) is 16.9 Å². The molecule has 3 aromatic rings. The van der Waals surface area contributed by atoms with Crippen LogP contribution < -0.4 is 5.32 Å². The SMILES string of the molecule is CC(C)c1cccc(C(C)C)c1NC(=O)c1nn(-c2ccccc2)c2c1CCC2. The fourth-order valence-corrected chi connectivity index (χ4v) is 4.27. The van der Waals surface area contributed by atoms with E-state index in [1.54, 1.807) is 0 Å². The van der Waals surface area contributed by atoms with Crippen LogP contribution in [0, 0.1) is 0 Å². The first kappa shape index (κ1) is 19.4. The molecule has 1 amide bonds. The second-order valence-electron chi connectivity index (χ2n) is 8.45. The molecule has 0 unspecified atom stereocenters. The number of hydrogen-bond acceptors (Lipinski definition) is 2. The summed E-state index contributed by atoms with van der Waals surface area (Å²) in [7, 11) is 0. The van der Waals surface area contributed by atoms with Crippen LogP contribution in [0.2, 0.25) is 0 Å². The van der Waals surface area contributed by atoms with E-state index in [-0.39, 0.29) is 5.91 Å². The molecule has 1 aromatic heterocycles. The first-order valence-corrected chi connectivity index (χ1v) is 10.6. The Kier molecular flexibility index (Phi) is 5.27. The van der Waals surface area contributed by atoms with Crippen LogP contribution in [0.3, 0.4) is 0 Å². The Morgan fingerprint density at radius 3 is 2.21 bits per heavy atom. The molecule has 1 aliphatic rings. The van der Waals surface area contributed by atoms with Crippen molar-refractivity contribution in [2.75, 3.05) is 5.32 Å². The van der Waals surface area contributed by atoms with Gasteiger partial charge in [0.25, 0.3) is 5.91 Å². The summed E-state index contributed by atoms with van der Waals surface area (Å²) in [6, 6.07) is 16.4. The Hall–Kier alpha value is -2.88. The van der Waals surface area contributed by atoms with Crippen molar-refractivity contribution in [1.82, 2.24) is 9.78 Å². The standard InChI is InChI=1S/C25H29N3O/c1-16(2)19-12-8-13-20(17(3)4)23(19)26-25(29)24-21-14-9-15-22(21)28(27-24)18-10-6-5-7-11-18/h5-8,10-13,16-17H,9,14-15H2,1-4H3,(H,26,29). The Morgan fingerprint density at radius 1 is 0.931 bits per heavy atom. The van der Waals surface area contributed by atoms with E-state index < -0.39 is 0 Å². The normalized spacial score (nSPS) is 13.2. The van der Waals surface area contributed by atoms with Crippen LogP contribution in [-0.4, -0.2) is 15.7 Å². The molecule has 0 spiro atoms. The number of benzene rings is 2. The summed E-state index contributed by atoms with van der Waals surface area (Å²) in [5, 5.41) is 7.99. The Balaban J connectivity index is 1.75. The van der Waals surface area contributed by atoms with Gasteiger partial charge in [0.15, 0.2) is 5.69 Å². The van der Waals surface area contributed by atoms with Crippen LogP contribution in [-0.2, 0) is 12.8 Å². The highest BCUT2D eigenvalue weighted by Gasteiger charge is 2.28. The van der Waals surface area contributed by atoms with Crippen LogP contribution >= 0.6 is 0 Å². The number of para-hydroxylation sites is 2. The molecule has 4 heteroatoms. The maximum absolute atomic E-state index is 13.4. The molecule has 0 saturated heterocycles. The van der Waals surface area contributed by atoms with Gasteiger partial charge in [0.1, 0.15) is 0 Å². The minimum atomic E-state index is -0.104. The van der Waals surface area contributed by atoms with Crippen molar-refractivity contribution < 1.29 is 4.79 Å². The van der Waals surface area contributed by atoms with Crippen LogP contribution in [0.25, 0.3) is 5.69 Å². The van der Waals surface area contributed by atoms with Crippen LogP contribution in [0.4, 0.5) is 5.69 Å². The maximum Gasteiger partial charge on any atom is 0.276 e. The summed E-state index contributed by atoms with van der Waals surface area (Å²) in [5.74, 6) is 0.556. The molecule has 0 radical (unpaired) electrons. The van der Waals surface area contributed by atoms with Gasteiger partial charge in [-0.25, -0.2) is 4.68 Å². The Bertz CT molecular complexity index is 1010. The number of anilines is 1. The van der Waals surface area contributed by atoms with E-state index >= 15 is 0 Å². The summed E-state index contributed by atoms with van der Waals surface area (Å²) in [6.45, 7) is 8.65. The average molecular weight is 388 g/mol.